The first-order valence-corrected chi connectivity index (χ1v) is 10.2. The number of methoxy groups -OCH3 is 2. The van der Waals surface area contributed by atoms with Gasteiger partial charge in [0, 0.05) is 19.5 Å². The number of piperidine rings is 1. The van der Waals surface area contributed by atoms with Crippen molar-refractivity contribution in [1.29, 1.82) is 0 Å². The second kappa shape index (κ2) is 9.03. The summed E-state index contributed by atoms with van der Waals surface area (Å²) >= 11 is 0. The summed E-state index contributed by atoms with van der Waals surface area (Å²) in [5.41, 5.74) is 1.69. The average Bonchev–Trinajstić information content (AvgIpc) is 3.27. The highest BCUT2D eigenvalue weighted by Crippen LogP contribution is 2.29. The molecule has 6 nitrogen and oxygen atoms in total. The minimum Gasteiger partial charge on any atom is -0.497 e. The molecule has 0 radical (unpaired) electrons. The fraction of sp³-hybridized carbons (Fsp3) is 0.333. The third-order valence-corrected chi connectivity index (χ3v) is 5.48. The number of benzene rings is 2. The SMILES string of the molecule is COc1cccc(Cc2cnc([C@H]3CCCN(C(=O)c4ccccc4OC)C3)o2)c1. The standard InChI is InChI=1S/C24H26N2O4/c1-28-19-9-5-7-17(13-19)14-20-15-25-23(30-20)18-8-6-12-26(16-18)24(27)21-10-3-4-11-22(21)29-2/h3-5,7,9-11,13,15,18H,6,8,12,14,16H2,1-2H3/t18-/m0/s1. The van der Waals surface area contributed by atoms with Gasteiger partial charge in [0.2, 0.25) is 0 Å². The summed E-state index contributed by atoms with van der Waals surface area (Å²) < 4.78 is 16.7. The Morgan fingerprint density at radius 3 is 2.87 bits per heavy atom. The van der Waals surface area contributed by atoms with E-state index in [0.29, 0.717) is 30.2 Å². The Balaban J connectivity index is 1.45. The lowest BCUT2D eigenvalue weighted by molar-refractivity contribution is 0.0694. The quantitative estimate of drug-likeness (QED) is 0.611. The summed E-state index contributed by atoms with van der Waals surface area (Å²) in [6.45, 7) is 1.32. The molecule has 0 spiro atoms. The largest absolute Gasteiger partial charge is 0.497 e. The highest BCUT2D eigenvalue weighted by atomic mass is 16.5. The van der Waals surface area contributed by atoms with Crippen molar-refractivity contribution in [3.63, 3.8) is 0 Å². The van der Waals surface area contributed by atoms with Crippen molar-refractivity contribution in [2.45, 2.75) is 25.2 Å². The van der Waals surface area contributed by atoms with E-state index in [1.165, 1.54) is 0 Å². The van der Waals surface area contributed by atoms with Crippen molar-refractivity contribution in [2.24, 2.45) is 0 Å². The number of hydrogen-bond acceptors (Lipinski definition) is 5. The molecule has 1 aliphatic rings. The van der Waals surface area contributed by atoms with Crippen LogP contribution in [0.4, 0.5) is 0 Å². The van der Waals surface area contributed by atoms with E-state index in [2.05, 4.69) is 4.98 Å². The summed E-state index contributed by atoms with van der Waals surface area (Å²) in [5, 5.41) is 0. The average molecular weight is 406 g/mol. The summed E-state index contributed by atoms with van der Waals surface area (Å²) in [6, 6.07) is 15.3. The molecule has 3 aromatic rings. The Morgan fingerprint density at radius 2 is 2.03 bits per heavy atom. The van der Waals surface area contributed by atoms with Crippen molar-refractivity contribution >= 4 is 5.91 Å². The van der Waals surface area contributed by atoms with Gasteiger partial charge in [0.15, 0.2) is 5.89 Å². The number of likely N-dealkylation sites (tertiary alicyclic amines) is 1. The number of rotatable bonds is 6. The molecule has 156 valence electrons. The number of aromatic nitrogens is 1. The lowest BCUT2D eigenvalue weighted by atomic mass is 9.97. The van der Waals surface area contributed by atoms with Gasteiger partial charge in [-0.05, 0) is 42.7 Å². The van der Waals surface area contributed by atoms with Gasteiger partial charge >= 0.3 is 0 Å². The molecule has 4 rings (SSSR count). The molecule has 0 N–H and O–H groups in total. The van der Waals surface area contributed by atoms with Gasteiger partial charge in [-0.25, -0.2) is 4.98 Å². The van der Waals surface area contributed by atoms with E-state index in [9.17, 15) is 4.79 Å². The van der Waals surface area contributed by atoms with E-state index in [4.69, 9.17) is 13.9 Å². The molecule has 0 bridgehead atoms. The third-order valence-electron chi connectivity index (χ3n) is 5.48. The number of nitrogens with zero attached hydrogens (tertiary/aromatic N) is 2. The van der Waals surface area contributed by atoms with Crippen molar-refractivity contribution in [3.05, 3.63) is 77.5 Å². The normalized spacial score (nSPS) is 16.3. The molecule has 1 amide bonds. The molecule has 0 unspecified atom stereocenters. The molecule has 1 fully saturated rings. The van der Waals surface area contributed by atoms with Crippen LogP contribution in [0.5, 0.6) is 11.5 Å². The Kier molecular flexibility index (Phi) is 6.02. The van der Waals surface area contributed by atoms with Crippen LogP contribution in [0.1, 0.15) is 46.3 Å². The van der Waals surface area contributed by atoms with Crippen LogP contribution in [0.25, 0.3) is 0 Å². The van der Waals surface area contributed by atoms with E-state index in [0.717, 1.165) is 36.5 Å². The van der Waals surface area contributed by atoms with Crippen LogP contribution in [0.15, 0.2) is 59.1 Å². The zero-order valence-corrected chi connectivity index (χ0v) is 17.3. The maximum atomic E-state index is 13.0. The molecule has 2 heterocycles. The summed E-state index contributed by atoms with van der Waals surface area (Å²) in [6.07, 6.45) is 4.31. The molecule has 6 heteroatoms. The number of hydrogen-bond donors (Lipinski definition) is 0. The van der Waals surface area contributed by atoms with Gasteiger partial charge in [0.1, 0.15) is 17.3 Å². The first kappa shape index (κ1) is 20.0. The maximum Gasteiger partial charge on any atom is 0.257 e. The van der Waals surface area contributed by atoms with Crippen molar-refractivity contribution in [3.8, 4) is 11.5 Å². The van der Waals surface area contributed by atoms with Gasteiger partial charge in [-0.2, -0.15) is 0 Å². The van der Waals surface area contributed by atoms with Crippen molar-refractivity contribution in [2.75, 3.05) is 27.3 Å². The molecule has 2 aromatic carbocycles. The molecule has 0 saturated carbocycles. The summed E-state index contributed by atoms with van der Waals surface area (Å²) in [4.78, 5) is 19.4. The molecule has 0 aliphatic carbocycles. The van der Waals surface area contributed by atoms with Crippen LogP contribution in [-0.2, 0) is 6.42 Å². The molecule has 1 atom stereocenters. The Bertz CT molecular complexity index is 1010. The topological polar surface area (TPSA) is 64.8 Å². The molecular weight excluding hydrogens is 380 g/mol. The van der Waals surface area contributed by atoms with E-state index in [1.54, 1.807) is 20.4 Å². The highest BCUT2D eigenvalue weighted by molar-refractivity contribution is 5.97. The van der Waals surface area contributed by atoms with Crippen molar-refractivity contribution < 1.29 is 18.7 Å². The Morgan fingerprint density at radius 1 is 1.17 bits per heavy atom. The lowest BCUT2D eigenvalue weighted by Crippen LogP contribution is -2.39. The van der Waals surface area contributed by atoms with Gasteiger partial charge in [-0.3, -0.25) is 4.79 Å². The summed E-state index contributed by atoms with van der Waals surface area (Å²) in [5.74, 6) is 3.01. The van der Waals surface area contributed by atoms with Crippen LogP contribution >= 0.6 is 0 Å². The van der Waals surface area contributed by atoms with Gasteiger partial charge < -0.3 is 18.8 Å². The minimum absolute atomic E-state index is 0.0136. The summed E-state index contributed by atoms with van der Waals surface area (Å²) in [7, 11) is 3.24. The van der Waals surface area contributed by atoms with Crippen LogP contribution in [0, 0.1) is 0 Å². The van der Waals surface area contributed by atoms with Crippen molar-refractivity contribution in [1.82, 2.24) is 9.88 Å². The smallest absolute Gasteiger partial charge is 0.257 e. The predicted octanol–water partition coefficient (Wildman–Crippen LogP) is 4.30. The third kappa shape index (κ3) is 4.32. The van der Waals surface area contributed by atoms with E-state index >= 15 is 0 Å². The number of para-hydroxylation sites is 1. The Hall–Kier alpha value is -3.28. The van der Waals surface area contributed by atoms with Gasteiger partial charge in [-0.1, -0.05) is 24.3 Å². The monoisotopic (exact) mass is 406 g/mol. The molecular formula is C24H26N2O4. The Labute approximate surface area is 176 Å². The van der Waals surface area contributed by atoms with Gasteiger partial charge in [0.05, 0.1) is 31.9 Å². The van der Waals surface area contributed by atoms with Crippen LogP contribution in [-0.4, -0.2) is 43.1 Å². The van der Waals surface area contributed by atoms with Crippen LogP contribution in [0.3, 0.4) is 0 Å². The number of carbonyl (C=O) groups excluding carboxylic acids is 1. The molecule has 1 aromatic heterocycles. The van der Waals surface area contributed by atoms with E-state index in [1.807, 2.05) is 53.4 Å². The second-order valence-corrected chi connectivity index (χ2v) is 7.48. The molecule has 30 heavy (non-hydrogen) atoms. The van der Waals surface area contributed by atoms with E-state index in [-0.39, 0.29) is 11.8 Å². The number of oxazole rings is 1. The van der Waals surface area contributed by atoms with E-state index < -0.39 is 0 Å². The minimum atomic E-state index is -0.0136. The van der Waals surface area contributed by atoms with Crippen LogP contribution < -0.4 is 9.47 Å². The zero-order valence-electron chi connectivity index (χ0n) is 17.3. The number of ether oxygens (including phenoxy) is 2. The maximum absolute atomic E-state index is 13.0. The zero-order chi connectivity index (χ0) is 20.9. The fourth-order valence-corrected chi connectivity index (χ4v) is 3.93. The molecule has 1 saturated heterocycles. The number of amides is 1. The second-order valence-electron chi connectivity index (χ2n) is 7.48. The number of carbonyl (C=O) groups is 1. The van der Waals surface area contributed by atoms with Gasteiger partial charge in [0.25, 0.3) is 5.91 Å². The first-order valence-electron chi connectivity index (χ1n) is 10.2. The van der Waals surface area contributed by atoms with Crippen LogP contribution in [0.2, 0.25) is 0 Å². The highest BCUT2D eigenvalue weighted by Gasteiger charge is 2.29. The van der Waals surface area contributed by atoms with Gasteiger partial charge in [-0.15, -0.1) is 0 Å². The first-order chi connectivity index (χ1) is 14.7. The predicted molar refractivity (Wildman–Crippen MR) is 113 cm³/mol. The molecule has 1 aliphatic heterocycles. The lowest BCUT2D eigenvalue weighted by Gasteiger charge is -2.31. The fourth-order valence-electron chi connectivity index (χ4n) is 3.93.